The minimum atomic E-state index is -0.899. The molecule has 1 heterocycles. The number of esters is 1. The van der Waals surface area contributed by atoms with Crippen molar-refractivity contribution in [3.8, 4) is 23.8 Å². The summed E-state index contributed by atoms with van der Waals surface area (Å²) in [7, 11) is 0. The number of nitrogens with one attached hydrogen (secondary N) is 1. The number of urea groups is 1. The van der Waals surface area contributed by atoms with E-state index in [1.165, 1.54) is 30.3 Å². The second-order valence-electron chi connectivity index (χ2n) is 6.98. The molecule has 0 aliphatic carbocycles. The summed E-state index contributed by atoms with van der Waals surface area (Å²) in [5.74, 6) is 1.06. The van der Waals surface area contributed by atoms with Crippen LogP contribution in [0.4, 0.5) is 10.5 Å². The Morgan fingerprint density at radius 3 is 2.46 bits per heavy atom. The van der Waals surface area contributed by atoms with Gasteiger partial charge in [0, 0.05) is 0 Å². The number of rotatable bonds is 8. The summed E-state index contributed by atoms with van der Waals surface area (Å²) in [6.45, 7) is 4.10. The molecule has 1 aliphatic rings. The van der Waals surface area contributed by atoms with Crippen molar-refractivity contribution < 1.29 is 33.4 Å². The standard InChI is InChI=1S/C25H21IN2O7/c1-4-11-35-21-19(26)13-15(14-20(21)33-5-2)12-18-22(29)27-25(32)28(23(18)30)17-9-7-16(8-10-17)24(31)34-6-3/h1,7-10,12-14H,5-6,11H2,2-3H3,(H,27,29,32)/b18-12+. The molecule has 1 aliphatic heterocycles. The van der Waals surface area contributed by atoms with Gasteiger partial charge in [-0.2, -0.15) is 0 Å². The van der Waals surface area contributed by atoms with Crippen LogP contribution in [-0.4, -0.2) is 43.6 Å². The van der Waals surface area contributed by atoms with Crippen molar-refractivity contribution >= 4 is 58.2 Å². The van der Waals surface area contributed by atoms with Crippen molar-refractivity contribution in [2.75, 3.05) is 24.7 Å². The van der Waals surface area contributed by atoms with E-state index in [0.29, 0.717) is 27.2 Å². The Balaban J connectivity index is 1.96. The highest BCUT2D eigenvalue weighted by atomic mass is 127. The third-order valence-electron chi connectivity index (χ3n) is 4.68. The topological polar surface area (TPSA) is 111 Å². The fourth-order valence-corrected chi connectivity index (χ4v) is 3.99. The van der Waals surface area contributed by atoms with Gasteiger partial charge >= 0.3 is 12.0 Å². The average molecular weight is 588 g/mol. The van der Waals surface area contributed by atoms with E-state index in [9.17, 15) is 19.2 Å². The number of terminal acetylenes is 1. The van der Waals surface area contributed by atoms with Gasteiger partial charge in [0.25, 0.3) is 11.8 Å². The van der Waals surface area contributed by atoms with Gasteiger partial charge < -0.3 is 14.2 Å². The van der Waals surface area contributed by atoms with Crippen molar-refractivity contribution in [3.05, 3.63) is 56.7 Å². The van der Waals surface area contributed by atoms with Gasteiger partial charge in [0.05, 0.1) is 28.0 Å². The lowest BCUT2D eigenvalue weighted by molar-refractivity contribution is -0.122. The number of hydrogen-bond acceptors (Lipinski definition) is 7. The molecule has 0 aromatic heterocycles. The summed E-state index contributed by atoms with van der Waals surface area (Å²) in [5, 5.41) is 2.17. The molecule has 35 heavy (non-hydrogen) atoms. The van der Waals surface area contributed by atoms with E-state index in [-0.39, 0.29) is 30.0 Å². The lowest BCUT2D eigenvalue weighted by Gasteiger charge is -2.26. The first kappa shape index (κ1) is 25.8. The monoisotopic (exact) mass is 588 g/mol. The van der Waals surface area contributed by atoms with Crippen LogP contribution in [-0.2, 0) is 14.3 Å². The second-order valence-corrected chi connectivity index (χ2v) is 8.14. The summed E-state index contributed by atoms with van der Waals surface area (Å²) in [6.07, 6.45) is 6.64. The molecule has 3 rings (SSSR count). The Morgan fingerprint density at radius 2 is 1.83 bits per heavy atom. The molecule has 0 radical (unpaired) electrons. The zero-order valence-corrected chi connectivity index (χ0v) is 21.1. The fourth-order valence-electron chi connectivity index (χ4n) is 3.21. The van der Waals surface area contributed by atoms with Crippen LogP contribution >= 0.6 is 22.6 Å². The van der Waals surface area contributed by atoms with E-state index in [0.717, 1.165) is 4.90 Å². The van der Waals surface area contributed by atoms with Crippen LogP contribution in [0.2, 0.25) is 0 Å². The predicted molar refractivity (Wildman–Crippen MR) is 136 cm³/mol. The molecule has 1 fully saturated rings. The van der Waals surface area contributed by atoms with E-state index in [4.69, 9.17) is 20.6 Å². The average Bonchev–Trinajstić information content (AvgIpc) is 2.82. The van der Waals surface area contributed by atoms with Crippen LogP contribution in [0.3, 0.4) is 0 Å². The Morgan fingerprint density at radius 1 is 1.11 bits per heavy atom. The van der Waals surface area contributed by atoms with Crippen molar-refractivity contribution in [3.63, 3.8) is 0 Å². The van der Waals surface area contributed by atoms with Crippen molar-refractivity contribution in [1.29, 1.82) is 0 Å². The summed E-state index contributed by atoms with van der Waals surface area (Å²) >= 11 is 2.04. The molecular weight excluding hydrogens is 567 g/mol. The van der Waals surface area contributed by atoms with E-state index in [2.05, 4.69) is 11.2 Å². The highest BCUT2D eigenvalue weighted by Gasteiger charge is 2.37. The van der Waals surface area contributed by atoms with Crippen molar-refractivity contribution in [1.82, 2.24) is 5.32 Å². The molecule has 1 N–H and O–H groups in total. The molecule has 180 valence electrons. The maximum Gasteiger partial charge on any atom is 0.338 e. The highest BCUT2D eigenvalue weighted by Crippen LogP contribution is 2.35. The number of halogens is 1. The van der Waals surface area contributed by atoms with Crippen LogP contribution in [0.1, 0.15) is 29.8 Å². The molecule has 1 saturated heterocycles. The van der Waals surface area contributed by atoms with Crippen molar-refractivity contribution in [2.24, 2.45) is 0 Å². The largest absolute Gasteiger partial charge is 0.490 e. The third-order valence-corrected chi connectivity index (χ3v) is 5.48. The molecule has 0 bridgehead atoms. The summed E-state index contributed by atoms with van der Waals surface area (Å²) < 4.78 is 16.8. The van der Waals surface area contributed by atoms with Crippen LogP contribution in [0.15, 0.2) is 42.0 Å². The van der Waals surface area contributed by atoms with Gasteiger partial charge in [-0.3, -0.25) is 14.9 Å². The van der Waals surface area contributed by atoms with Crippen LogP contribution < -0.4 is 19.7 Å². The Kier molecular flexibility index (Phi) is 8.48. The number of benzene rings is 2. The van der Waals surface area contributed by atoms with Gasteiger partial charge in [-0.1, -0.05) is 5.92 Å². The number of imide groups is 2. The van der Waals surface area contributed by atoms with Crippen LogP contribution in [0.5, 0.6) is 11.5 Å². The fraction of sp³-hybridized carbons (Fsp3) is 0.200. The minimum Gasteiger partial charge on any atom is -0.490 e. The Labute approximate surface area is 215 Å². The first-order valence-corrected chi connectivity index (χ1v) is 11.6. The number of barbiturate groups is 1. The molecule has 2 aromatic rings. The number of amides is 4. The molecule has 0 spiro atoms. The smallest absolute Gasteiger partial charge is 0.338 e. The molecular formula is C25H21IN2O7. The van der Waals surface area contributed by atoms with Gasteiger partial charge in [0.2, 0.25) is 0 Å². The van der Waals surface area contributed by atoms with Gasteiger partial charge in [-0.15, -0.1) is 6.42 Å². The molecule has 0 unspecified atom stereocenters. The molecule has 0 saturated carbocycles. The first-order valence-electron chi connectivity index (χ1n) is 10.5. The van der Waals surface area contributed by atoms with Gasteiger partial charge in [0.1, 0.15) is 12.2 Å². The normalized spacial score (nSPS) is 14.4. The molecule has 2 aromatic carbocycles. The van der Waals surface area contributed by atoms with Gasteiger partial charge in [0.15, 0.2) is 11.5 Å². The van der Waals surface area contributed by atoms with Gasteiger partial charge in [-0.25, -0.2) is 14.5 Å². The lowest BCUT2D eigenvalue weighted by Crippen LogP contribution is -2.54. The number of nitrogens with zero attached hydrogens (tertiary/aromatic N) is 1. The van der Waals surface area contributed by atoms with Crippen LogP contribution in [0, 0.1) is 15.9 Å². The highest BCUT2D eigenvalue weighted by molar-refractivity contribution is 14.1. The van der Waals surface area contributed by atoms with E-state index in [1.54, 1.807) is 26.0 Å². The number of carbonyl (C=O) groups is 4. The van der Waals surface area contributed by atoms with Crippen LogP contribution in [0.25, 0.3) is 6.08 Å². The molecule has 10 heteroatoms. The Hall–Kier alpha value is -3.85. The first-order chi connectivity index (χ1) is 16.8. The lowest BCUT2D eigenvalue weighted by atomic mass is 10.1. The SMILES string of the molecule is C#CCOc1c(I)cc(/C=C2\C(=O)NC(=O)N(c3ccc(C(=O)OCC)cc3)C2=O)cc1OCC. The maximum atomic E-state index is 13.2. The van der Waals surface area contributed by atoms with Crippen molar-refractivity contribution in [2.45, 2.75) is 13.8 Å². The number of anilines is 1. The third kappa shape index (κ3) is 5.81. The second kappa shape index (κ2) is 11.5. The van der Waals surface area contributed by atoms with E-state index < -0.39 is 23.8 Å². The quantitative estimate of drug-likeness (QED) is 0.165. The zero-order chi connectivity index (χ0) is 25.5. The molecule has 9 nitrogen and oxygen atoms in total. The predicted octanol–water partition coefficient (Wildman–Crippen LogP) is 3.55. The van der Waals surface area contributed by atoms with Gasteiger partial charge in [-0.05, 0) is 84.5 Å². The zero-order valence-electron chi connectivity index (χ0n) is 18.9. The maximum absolute atomic E-state index is 13.2. The minimum absolute atomic E-state index is 0.0451. The number of hydrogen-bond donors (Lipinski definition) is 1. The summed E-state index contributed by atoms with van der Waals surface area (Å²) in [6, 6.07) is 8.11. The van der Waals surface area contributed by atoms with E-state index >= 15 is 0 Å². The number of ether oxygens (including phenoxy) is 3. The molecule has 0 atom stereocenters. The van der Waals surface area contributed by atoms with E-state index in [1.807, 2.05) is 22.6 Å². The summed E-state index contributed by atoms with van der Waals surface area (Å²) in [4.78, 5) is 50.9. The Bertz CT molecular complexity index is 1250. The summed E-state index contributed by atoms with van der Waals surface area (Å²) in [5.41, 5.74) is 0.671. The number of carbonyl (C=O) groups excluding carboxylic acids is 4. The molecule has 4 amide bonds.